The van der Waals surface area contributed by atoms with Crippen LogP contribution in [0.25, 0.3) is 0 Å². The third kappa shape index (κ3) is 4.18. The lowest BCUT2D eigenvalue weighted by Gasteiger charge is -2.35. The van der Waals surface area contributed by atoms with E-state index < -0.39 is 9.84 Å². The van der Waals surface area contributed by atoms with Crippen LogP contribution in [0.15, 0.2) is 23.1 Å². The van der Waals surface area contributed by atoms with Crippen molar-refractivity contribution in [1.29, 1.82) is 0 Å². The number of hydrogen-bond acceptors (Lipinski definition) is 4. The van der Waals surface area contributed by atoms with Crippen molar-refractivity contribution < 1.29 is 18.0 Å². The van der Waals surface area contributed by atoms with Crippen LogP contribution < -0.4 is 4.90 Å². The SMILES string of the molecule is CCC1CCCCN1C(=O)CCS(=O)(=O)c1ccc2c(c1)CCN2C(C)=O. The summed E-state index contributed by atoms with van der Waals surface area (Å²) >= 11 is 0. The van der Waals surface area contributed by atoms with E-state index in [4.69, 9.17) is 0 Å². The molecule has 0 saturated carbocycles. The van der Waals surface area contributed by atoms with Gasteiger partial charge >= 0.3 is 0 Å². The van der Waals surface area contributed by atoms with Gasteiger partial charge in [-0.25, -0.2) is 8.42 Å². The Bertz CT molecular complexity index is 834. The topological polar surface area (TPSA) is 74.8 Å². The average molecular weight is 393 g/mol. The third-order valence-corrected chi connectivity index (χ3v) is 7.40. The highest BCUT2D eigenvalue weighted by molar-refractivity contribution is 7.91. The second-order valence-corrected chi connectivity index (χ2v) is 9.53. The van der Waals surface area contributed by atoms with Crippen molar-refractivity contribution in [3.8, 4) is 0 Å². The number of fused-ring (bicyclic) bond motifs is 1. The van der Waals surface area contributed by atoms with Crippen molar-refractivity contribution in [2.45, 2.75) is 63.3 Å². The van der Waals surface area contributed by atoms with Crippen molar-refractivity contribution in [2.24, 2.45) is 0 Å². The van der Waals surface area contributed by atoms with Crippen molar-refractivity contribution in [3.63, 3.8) is 0 Å². The Morgan fingerprint density at radius 1 is 1.19 bits per heavy atom. The summed E-state index contributed by atoms with van der Waals surface area (Å²) in [6.45, 7) is 4.90. The fourth-order valence-corrected chi connectivity index (χ4v) is 5.41. The van der Waals surface area contributed by atoms with E-state index in [-0.39, 0.29) is 34.9 Å². The molecule has 0 bridgehead atoms. The molecule has 1 fully saturated rings. The summed E-state index contributed by atoms with van der Waals surface area (Å²) in [5.74, 6) is -0.274. The molecular formula is C20H28N2O4S. The number of hydrogen-bond donors (Lipinski definition) is 0. The first-order valence-corrected chi connectivity index (χ1v) is 11.4. The minimum Gasteiger partial charge on any atom is -0.340 e. The third-order valence-electron chi connectivity index (χ3n) is 5.69. The number of carbonyl (C=O) groups is 2. The summed E-state index contributed by atoms with van der Waals surface area (Å²) in [4.78, 5) is 28.0. The van der Waals surface area contributed by atoms with Crippen molar-refractivity contribution in [1.82, 2.24) is 4.90 Å². The monoisotopic (exact) mass is 392 g/mol. The van der Waals surface area contributed by atoms with Crippen molar-refractivity contribution >= 4 is 27.3 Å². The fraction of sp³-hybridized carbons (Fsp3) is 0.600. The lowest BCUT2D eigenvalue weighted by molar-refractivity contribution is -0.134. The van der Waals surface area contributed by atoms with E-state index in [1.807, 2.05) is 4.90 Å². The number of benzene rings is 1. The van der Waals surface area contributed by atoms with Gasteiger partial charge in [-0.3, -0.25) is 9.59 Å². The minimum absolute atomic E-state index is 0.0233. The molecule has 0 aromatic heterocycles. The van der Waals surface area contributed by atoms with Gasteiger partial charge in [-0.2, -0.15) is 0 Å². The summed E-state index contributed by atoms with van der Waals surface area (Å²) < 4.78 is 25.5. The number of piperidine rings is 1. The Morgan fingerprint density at radius 3 is 2.67 bits per heavy atom. The Hall–Kier alpha value is -1.89. The maximum absolute atomic E-state index is 12.7. The predicted octanol–water partition coefficient (Wildman–Crippen LogP) is 2.55. The molecule has 1 atom stereocenters. The van der Waals surface area contributed by atoms with Crippen LogP contribution in [0.3, 0.4) is 0 Å². The molecule has 2 heterocycles. The van der Waals surface area contributed by atoms with Crippen LogP contribution in [-0.2, 0) is 25.8 Å². The molecule has 1 aromatic carbocycles. The lowest BCUT2D eigenvalue weighted by atomic mass is 10.00. The summed E-state index contributed by atoms with van der Waals surface area (Å²) in [6, 6.07) is 5.16. The van der Waals surface area contributed by atoms with Crippen molar-refractivity contribution in [2.75, 3.05) is 23.7 Å². The second kappa shape index (κ2) is 8.00. The average Bonchev–Trinajstić information content (AvgIpc) is 3.09. The molecule has 0 aliphatic carbocycles. The van der Waals surface area contributed by atoms with E-state index in [2.05, 4.69) is 6.92 Å². The number of amides is 2. The highest BCUT2D eigenvalue weighted by Gasteiger charge is 2.28. The second-order valence-electron chi connectivity index (χ2n) is 7.43. The quantitative estimate of drug-likeness (QED) is 0.772. The van der Waals surface area contributed by atoms with Crippen LogP contribution in [0.2, 0.25) is 0 Å². The summed E-state index contributed by atoms with van der Waals surface area (Å²) in [6.07, 6.45) is 4.72. The zero-order valence-electron chi connectivity index (χ0n) is 16.1. The molecule has 1 saturated heterocycles. The van der Waals surface area contributed by atoms with E-state index in [9.17, 15) is 18.0 Å². The van der Waals surface area contributed by atoms with Crippen LogP contribution in [0.4, 0.5) is 5.69 Å². The molecule has 6 nitrogen and oxygen atoms in total. The normalized spacial score (nSPS) is 19.9. The molecule has 0 N–H and O–H groups in total. The Kier molecular flexibility index (Phi) is 5.89. The maximum atomic E-state index is 12.7. The van der Waals surface area contributed by atoms with Crippen LogP contribution >= 0.6 is 0 Å². The first-order valence-electron chi connectivity index (χ1n) is 9.76. The van der Waals surface area contributed by atoms with Gasteiger partial charge in [-0.1, -0.05) is 6.92 Å². The number of sulfone groups is 1. The van der Waals surface area contributed by atoms with Gasteiger partial charge in [0.15, 0.2) is 9.84 Å². The molecule has 1 aromatic rings. The first-order chi connectivity index (χ1) is 12.8. The lowest BCUT2D eigenvalue weighted by Crippen LogP contribution is -2.43. The standard InChI is InChI=1S/C20H28N2O4S/c1-3-17-6-4-5-11-22(17)20(24)10-13-27(25,26)18-7-8-19-16(14-18)9-12-21(19)15(2)23/h7-8,14,17H,3-6,9-13H2,1-2H3. The van der Waals surface area contributed by atoms with Gasteiger partial charge in [0.25, 0.3) is 0 Å². The van der Waals surface area contributed by atoms with Gasteiger partial charge < -0.3 is 9.80 Å². The van der Waals surface area contributed by atoms with E-state index in [0.717, 1.165) is 43.5 Å². The van der Waals surface area contributed by atoms with E-state index in [1.165, 1.54) is 6.92 Å². The molecular weight excluding hydrogens is 364 g/mol. The molecule has 2 amide bonds. The van der Waals surface area contributed by atoms with Gasteiger partial charge in [0, 0.05) is 38.2 Å². The number of rotatable bonds is 5. The Labute approximate surface area is 161 Å². The minimum atomic E-state index is -3.53. The van der Waals surface area contributed by atoms with Gasteiger partial charge in [-0.15, -0.1) is 0 Å². The number of anilines is 1. The highest BCUT2D eigenvalue weighted by Crippen LogP contribution is 2.30. The van der Waals surface area contributed by atoms with Gasteiger partial charge in [0.05, 0.1) is 10.6 Å². The molecule has 7 heteroatoms. The van der Waals surface area contributed by atoms with Gasteiger partial charge in [0.1, 0.15) is 0 Å². The summed E-state index contributed by atoms with van der Waals surface area (Å²) in [5, 5.41) is 0. The van der Waals surface area contributed by atoms with E-state index >= 15 is 0 Å². The number of nitrogens with zero attached hydrogens (tertiary/aromatic N) is 2. The first kappa shape index (κ1) is 19.9. The van der Waals surface area contributed by atoms with Crippen LogP contribution in [0.5, 0.6) is 0 Å². The van der Waals surface area contributed by atoms with E-state index in [1.54, 1.807) is 23.1 Å². The zero-order valence-corrected chi connectivity index (χ0v) is 16.9. The van der Waals surface area contributed by atoms with E-state index in [0.29, 0.717) is 13.0 Å². The molecule has 1 unspecified atom stereocenters. The van der Waals surface area contributed by atoms with Gasteiger partial charge in [0.2, 0.25) is 11.8 Å². The van der Waals surface area contributed by atoms with Crippen LogP contribution in [0, 0.1) is 0 Å². The van der Waals surface area contributed by atoms with Crippen LogP contribution in [0.1, 0.15) is 51.5 Å². The summed E-state index contributed by atoms with van der Waals surface area (Å²) in [5.41, 5.74) is 1.66. The molecule has 27 heavy (non-hydrogen) atoms. The fourth-order valence-electron chi connectivity index (χ4n) is 4.14. The van der Waals surface area contributed by atoms with Crippen molar-refractivity contribution in [3.05, 3.63) is 23.8 Å². The molecule has 0 radical (unpaired) electrons. The Morgan fingerprint density at radius 2 is 1.96 bits per heavy atom. The molecule has 0 spiro atoms. The number of carbonyl (C=O) groups excluding carboxylic acids is 2. The molecule has 2 aliphatic rings. The molecule has 3 rings (SSSR count). The molecule has 148 valence electrons. The smallest absolute Gasteiger partial charge is 0.223 e. The summed E-state index contributed by atoms with van der Waals surface area (Å²) in [7, 11) is -3.53. The largest absolute Gasteiger partial charge is 0.340 e. The number of likely N-dealkylation sites (tertiary alicyclic amines) is 1. The predicted molar refractivity (Wildman–Crippen MR) is 104 cm³/mol. The van der Waals surface area contributed by atoms with Crippen LogP contribution in [-0.4, -0.2) is 50.0 Å². The Balaban J connectivity index is 1.68. The molecule has 2 aliphatic heterocycles. The zero-order chi connectivity index (χ0) is 19.6. The highest BCUT2D eigenvalue weighted by atomic mass is 32.2. The maximum Gasteiger partial charge on any atom is 0.223 e. The van der Waals surface area contributed by atoms with Gasteiger partial charge in [-0.05, 0) is 55.9 Å².